The van der Waals surface area contributed by atoms with Gasteiger partial charge in [0, 0.05) is 32.1 Å². The van der Waals surface area contributed by atoms with Gasteiger partial charge in [-0.1, -0.05) is 420 Å². The Balaban J connectivity index is 6.41. The molecule has 3 atom stereocenters. The van der Waals surface area contributed by atoms with Gasteiger partial charge in [-0.25, -0.2) is 0 Å². The Morgan fingerprint density at radius 2 is 0.316 bits per heavy atom. The third-order valence-electron chi connectivity index (χ3n) is 19.8. The highest BCUT2D eigenvalue weighted by molar-refractivity contribution is 5.72. The fourth-order valence-corrected chi connectivity index (χ4v) is 13.4. The maximum atomic E-state index is 14.2. The molecule has 0 aliphatic heterocycles. The number of carbonyl (C=O) groups is 5. The SMILES string of the molecule is CCCCCCCCCCCCCCCC(=O)OC[C@H](OC(=O)CCCCCCCCCCCCCCC)C(OC(=O)CCCCCCCCCCCCCCC)[C@@H](COC(=O)CCCCCCCCCCCCCCC)OC(=O)CCCCCCCCCCCCCCC. The van der Waals surface area contributed by atoms with Crippen LogP contribution in [0.3, 0.4) is 0 Å². The molecule has 0 aromatic heterocycles. The van der Waals surface area contributed by atoms with Crippen LogP contribution < -0.4 is 0 Å². The number of rotatable bonds is 79. The van der Waals surface area contributed by atoms with Crippen LogP contribution in [0.4, 0.5) is 0 Å². The first kappa shape index (κ1) is 92.4. The molecule has 0 radical (unpaired) electrons. The molecule has 0 bridgehead atoms. The van der Waals surface area contributed by atoms with Crippen LogP contribution >= 0.6 is 0 Å². The lowest BCUT2D eigenvalue weighted by atomic mass is 10.0. The second kappa shape index (κ2) is 77.1. The van der Waals surface area contributed by atoms with Gasteiger partial charge in [-0.2, -0.15) is 0 Å². The van der Waals surface area contributed by atoms with E-state index in [4.69, 9.17) is 23.7 Å². The predicted molar refractivity (Wildman–Crippen MR) is 403 cm³/mol. The molecule has 0 heterocycles. The van der Waals surface area contributed by atoms with Crippen molar-refractivity contribution in [3.05, 3.63) is 0 Å². The number of unbranched alkanes of at least 4 members (excludes halogenated alkanes) is 60. The van der Waals surface area contributed by atoms with Crippen molar-refractivity contribution in [2.24, 2.45) is 0 Å². The fraction of sp³-hybridized carbons (Fsp3) is 0.941. The van der Waals surface area contributed by atoms with Gasteiger partial charge in [0.05, 0.1) is 0 Å². The van der Waals surface area contributed by atoms with Crippen molar-refractivity contribution < 1.29 is 47.7 Å². The molecule has 0 spiro atoms. The predicted octanol–water partition coefficient (Wildman–Crippen LogP) is 27.2. The molecule has 95 heavy (non-hydrogen) atoms. The minimum atomic E-state index is -1.37. The van der Waals surface area contributed by atoms with Gasteiger partial charge in [0.2, 0.25) is 0 Å². The van der Waals surface area contributed by atoms with Gasteiger partial charge in [-0.15, -0.1) is 0 Å². The first-order valence-corrected chi connectivity index (χ1v) is 42.6. The van der Waals surface area contributed by atoms with Crippen molar-refractivity contribution in [3.8, 4) is 0 Å². The van der Waals surface area contributed by atoms with Crippen molar-refractivity contribution in [2.45, 2.75) is 502 Å². The lowest BCUT2D eigenvalue weighted by Crippen LogP contribution is -2.50. The normalized spacial score (nSPS) is 12.4. The summed E-state index contributed by atoms with van der Waals surface area (Å²) in [5.74, 6) is -2.31. The first-order chi connectivity index (χ1) is 46.7. The van der Waals surface area contributed by atoms with E-state index in [1.54, 1.807) is 0 Å². The Bertz CT molecular complexity index is 1520. The lowest BCUT2D eigenvalue weighted by Gasteiger charge is -2.32. The molecule has 562 valence electrons. The van der Waals surface area contributed by atoms with Crippen LogP contribution in [0, 0.1) is 0 Å². The molecule has 0 fully saturated rings. The van der Waals surface area contributed by atoms with E-state index < -0.39 is 48.2 Å². The Morgan fingerprint density at radius 3 is 0.484 bits per heavy atom. The molecule has 10 nitrogen and oxygen atoms in total. The Morgan fingerprint density at radius 1 is 0.179 bits per heavy atom. The molecule has 0 aromatic rings. The van der Waals surface area contributed by atoms with E-state index in [0.29, 0.717) is 32.1 Å². The molecule has 0 rings (SSSR count). The molecule has 1 unspecified atom stereocenters. The molecule has 0 aromatic carbocycles. The summed E-state index contributed by atoms with van der Waals surface area (Å²) >= 11 is 0. The minimum absolute atomic E-state index is 0.130. The second-order valence-electron chi connectivity index (χ2n) is 29.3. The summed E-state index contributed by atoms with van der Waals surface area (Å²) < 4.78 is 30.9. The quantitative estimate of drug-likeness (QED) is 0.0329. The number of hydrogen-bond acceptors (Lipinski definition) is 10. The lowest BCUT2D eigenvalue weighted by molar-refractivity contribution is -0.197. The van der Waals surface area contributed by atoms with Crippen LogP contribution in [0.1, 0.15) is 484 Å². The summed E-state index contributed by atoms with van der Waals surface area (Å²) in [5, 5.41) is 0. The van der Waals surface area contributed by atoms with Crippen LogP contribution in [-0.4, -0.2) is 61.4 Å². The standard InChI is InChI=1S/C85H162O10/c1-6-11-16-21-26-31-36-41-46-51-56-61-66-71-80(86)91-76-78(93-82(88)73-68-63-58-53-48-43-38-33-28-23-18-13-8-3)85(95-84(90)75-70-65-60-55-50-45-40-35-30-25-20-15-10-5)79(94-83(89)74-69-64-59-54-49-44-39-34-29-24-19-14-9-4)77-92-81(87)72-67-62-57-52-47-42-37-32-27-22-17-12-7-2/h78-79,85H,6-77H2,1-5H3/t78-,79+,85?. The van der Waals surface area contributed by atoms with Crippen molar-refractivity contribution in [3.63, 3.8) is 0 Å². The van der Waals surface area contributed by atoms with Gasteiger partial charge in [-0.05, 0) is 32.1 Å². The molecule has 0 saturated carbocycles. The number of hydrogen-bond donors (Lipinski definition) is 0. The molecule has 0 saturated heterocycles. The van der Waals surface area contributed by atoms with Crippen LogP contribution in [0.15, 0.2) is 0 Å². The number of ether oxygens (including phenoxy) is 5. The maximum Gasteiger partial charge on any atom is 0.306 e. The molecule has 0 aliphatic carbocycles. The zero-order valence-corrected chi connectivity index (χ0v) is 64.2. The van der Waals surface area contributed by atoms with Crippen LogP contribution in [0.5, 0.6) is 0 Å². The highest BCUT2D eigenvalue weighted by atomic mass is 16.6. The summed E-state index contributed by atoms with van der Waals surface area (Å²) in [7, 11) is 0. The van der Waals surface area contributed by atoms with Gasteiger partial charge in [0.25, 0.3) is 0 Å². The van der Waals surface area contributed by atoms with Gasteiger partial charge in [0.1, 0.15) is 13.2 Å². The zero-order chi connectivity index (χ0) is 69.1. The molecule has 0 N–H and O–H groups in total. The van der Waals surface area contributed by atoms with E-state index in [2.05, 4.69) is 34.6 Å². The van der Waals surface area contributed by atoms with E-state index in [1.165, 1.54) is 289 Å². The summed E-state index contributed by atoms with van der Waals surface area (Å²) in [5.41, 5.74) is 0. The summed E-state index contributed by atoms with van der Waals surface area (Å²) in [6, 6.07) is 0. The van der Waals surface area contributed by atoms with Crippen molar-refractivity contribution in [2.75, 3.05) is 13.2 Å². The largest absolute Gasteiger partial charge is 0.462 e. The fourth-order valence-electron chi connectivity index (χ4n) is 13.4. The zero-order valence-electron chi connectivity index (χ0n) is 64.2. The van der Waals surface area contributed by atoms with E-state index in [-0.39, 0.29) is 45.3 Å². The monoisotopic (exact) mass is 1340 g/mol. The van der Waals surface area contributed by atoms with Gasteiger partial charge in [0.15, 0.2) is 18.3 Å². The Hall–Kier alpha value is -2.65. The van der Waals surface area contributed by atoms with E-state index in [1.807, 2.05) is 0 Å². The summed E-state index contributed by atoms with van der Waals surface area (Å²) in [4.78, 5) is 69.6. The second-order valence-corrected chi connectivity index (χ2v) is 29.3. The minimum Gasteiger partial charge on any atom is -0.462 e. The van der Waals surface area contributed by atoms with Gasteiger partial charge < -0.3 is 23.7 Å². The Labute approximate surface area is 590 Å². The van der Waals surface area contributed by atoms with Crippen LogP contribution in [0.2, 0.25) is 0 Å². The third-order valence-corrected chi connectivity index (χ3v) is 19.8. The first-order valence-electron chi connectivity index (χ1n) is 42.6. The molecular formula is C85H162O10. The highest BCUT2D eigenvalue weighted by Crippen LogP contribution is 2.24. The molecular weight excluding hydrogens is 1180 g/mol. The maximum absolute atomic E-state index is 14.2. The third kappa shape index (κ3) is 69.6. The average Bonchev–Trinajstić information content (AvgIpc) is 0.892. The van der Waals surface area contributed by atoms with Crippen molar-refractivity contribution in [1.29, 1.82) is 0 Å². The number of esters is 5. The van der Waals surface area contributed by atoms with Crippen molar-refractivity contribution >= 4 is 29.8 Å². The van der Waals surface area contributed by atoms with Crippen molar-refractivity contribution in [1.82, 2.24) is 0 Å². The molecule has 10 heteroatoms. The summed E-state index contributed by atoms with van der Waals surface area (Å²) in [6.07, 6.45) is 74.0. The van der Waals surface area contributed by atoms with Gasteiger partial charge in [-0.3, -0.25) is 24.0 Å². The molecule has 0 amide bonds. The van der Waals surface area contributed by atoms with Gasteiger partial charge >= 0.3 is 29.8 Å². The smallest absolute Gasteiger partial charge is 0.306 e. The Kier molecular flexibility index (Phi) is 74.9. The average molecular weight is 1340 g/mol. The molecule has 0 aliphatic rings. The van der Waals surface area contributed by atoms with E-state index in [0.717, 1.165) is 96.3 Å². The number of carbonyl (C=O) groups excluding carboxylic acids is 5. The van der Waals surface area contributed by atoms with Crippen LogP contribution in [0.25, 0.3) is 0 Å². The summed E-state index contributed by atoms with van der Waals surface area (Å²) in [6.45, 7) is 10.6. The van der Waals surface area contributed by atoms with E-state index >= 15 is 0 Å². The highest BCUT2D eigenvalue weighted by Gasteiger charge is 2.40. The topological polar surface area (TPSA) is 132 Å². The van der Waals surface area contributed by atoms with Crippen LogP contribution in [-0.2, 0) is 47.7 Å². The van der Waals surface area contributed by atoms with E-state index in [9.17, 15) is 24.0 Å².